The van der Waals surface area contributed by atoms with Crippen molar-refractivity contribution in [2.45, 2.75) is 6.42 Å². The maximum Gasteiger partial charge on any atom is 0.0802 e. The van der Waals surface area contributed by atoms with E-state index in [9.17, 15) is 5.21 Å². The lowest BCUT2D eigenvalue weighted by Gasteiger charge is -2.33. The molecule has 3 heteroatoms. The van der Waals surface area contributed by atoms with Crippen LogP contribution in [0.1, 0.15) is 6.42 Å². The number of hydroxylamine groups is 3. The van der Waals surface area contributed by atoms with Gasteiger partial charge in [-0.05, 0) is 0 Å². The topological polar surface area (TPSA) is 43.3 Å². The van der Waals surface area contributed by atoms with Gasteiger partial charge in [0.15, 0.2) is 0 Å². The molecule has 0 amide bonds. The van der Waals surface area contributed by atoms with Gasteiger partial charge >= 0.3 is 0 Å². The summed E-state index contributed by atoms with van der Waals surface area (Å²) in [5, 5.41) is 19.0. The largest absolute Gasteiger partial charge is 0.633 e. The van der Waals surface area contributed by atoms with Crippen LogP contribution in [0.25, 0.3) is 0 Å². The number of aliphatic hydroxyl groups is 1. The van der Waals surface area contributed by atoms with Crippen LogP contribution in [0.2, 0.25) is 0 Å². The Morgan fingerprint density at radius 1 is 1.50 bits per heavy atom. The smallest absolute Gasteiger partial charge is 0.0802 e. The van der Waals surface area contributed by atoms with Crippen LogP contribution in [0.15, 0.2) is 0 Å². The van der Waals surface area contributed by atoms with E-state index in [1.165, 1.54) is 0 Å². The van der Waals surface area contributed by atoms with Crippen LogP contribution in [-0.2, 0) is 0 Å². The standard InChI is InChI=1S/C5H13NO2/c1-6(2,8)4-3-5-7/h7H,3-5H2,1-2H3. The Hall–Kier alpha value is -0.120. The minimum atomic E-state index is -0.305. The zero-order valence-electron chi connectivity index (χ0n) is 5.42. The van der Waals surface area contributed by atoms with E-state index in [4.69, 9.17) is 5.11 Å². The third-order valence-electron chi connectivity index (χ3n) is 0.855. The van der Waals surface area contributed by atoms with Crippen molar-refractivity contribution in [3.05, 3.63) is 5.21 Å². The van der Waals surface area contributed by atoms with Crippen LogP contribution in [0.4, 0.5) is 0 Å². The summed E-state index contributed by atoms with van der Waals surface area (Å²) in [7, 11) is 3.13. The number of hydrogen-bond donors (Lipinski definition) is 1. The van der Waals surface area contributed by atoms with Crippen molar-refractivity contribution in [3.8, 4) is 0 Å². The maximum absolute atomic E-state index is 10.7. The van der Waals surface area contributed by atoms with E-state index in [2.05, 4.69) is 0 Å². The van der Waals surface area contributed by atoms with Gasteiger partial charge in [0.1, 0.15) is 0 Å². The number of aliphatic hydroxyl groups excluding tert-OH is 1. The molecule has 0 rings (SSSR count). The molecular weight excluding hydrogens is 106 g/mol. The summed E-state index contributed by atoms with van der Waals surface area (Å²) < 4.78 is -0.305. The zero-order valence-corrected chi connectivity index (χ0v) is 5.42. The lowest BCUT2D eigenvalue weighted by atomic mass is 10.4. The van der Waals surface area contributed by atoms with Gasteiger partial charge in [-0.25, -0.2) is 0 Å². The second-order valence-electron chi connectivity index (χ2n) is 2.37. The monoisotopic (exact) mass is 119 g/mol. The van der Waals surface area contributed by atoms with Gasteiger partial charge in [-0.1, -0.05) is 0 Å². The van der Waals surface area contributed by atoms with Crippen molar-refractivity contribution in [2.24, 2.45) is 0 Å². The van der Waals surface area contributed by atoms with Gasteiger partial charge < -0.3 is 15.0 Å². The molecule has 0 spiro atoms. The molecule has 8 heavy (non-hydrogen) atoms. The minimum Gasteiger partial charge on any atom is -0.633 e. The summed E-state index contributed by atoms with van der Waals surface area (Å²) in [6.45, 7) is 0.612. The molecule has 0 fully saturated rings. The molecule has 0 heterocycles. The maximum atomic E-state index is 10.7. The Morgan fingerprint density at radius 2 is 2.00 bits per heavy atom. The molecule has 0 atom stereocenters. The number of hydrogen-bond acceptors (Lipinski definition) is 2. The third-order valence-corrected chi connectivity index (χ3v) is 0.855. The molecule has 0 radical (unpaired) electrons. The van der Waals surface area contributed by atoms with Crippen molar-refractivity contribution < 1.29 is 9.75 Å². The Bertz CT molecular complexity index is 57.9. The highest BCUT2D eigenvalue weighted by Gasteiger charge is 1.97. The van der Waals surface area contributed by atoms with E-state index >= 15 is 0 Å². The normalized spacial score (nSPS) is 12.0. The Balaban J connectivity index is 3.11. The second kappa shape index (κ2) is 3.02. The first-order valence-electron chi connectivity index (χ1n) is 2.71. The molecule has 50 valence electrons. The highest BCUT2D eigenvalue weighted by Crippen LogP contribution is 1.92. The van der Waals surface area contributed by atoms with Crippen LogP contribution >= 0.6 is 0 Å². The first kappa shape index (κ1) is 7.88. The predicted molar refractivity (Wildman–Crippen MR) is 32.0 cm³/mol. The van der Waals surface area contributed by atoms with Crippen molar-refractivity contribution in [2.75, 3.05) is 27.2 Å². The molecule has 0 aromatic carbocycles. The fourth-order valence-corrected chi connectivity index (χ4v) is 0.451. The molecule has 0 aromatic heterocycles. The third kappa shape index (κ3) is 5.88. The number of quaternary nitrogens is 1. The molecule has 1 N–H and O–H groups in total. The summed E-state index contributed by atoms with van der Waals surface area (Å²) in [4.78, 5) is 0. The van der Waals surface area contributed by atoms with Gasteiger partial charge in [0.25, 0.3) is 0 Å². The van der Waals surface area contributed by atoms with Gasteiger partial charge in [0.2, 0.25) is 0 Å². The van der Waals surface area contributed by atoms with Crippen LogP contribution in [-0.4, -0.2) is 37.0 Å². The van der Waals surface area contributed by atoms with Gasteiger partial charge in [-0.15, -0.1) is 0 Å². The van der Waals surface area contributed by atoms with Crippen LogP contribution < -0.4 is 0 Å². The molecule has 0 saturated carbocycles. The van der Waals surface area contributed by atoms with Crippen LogP contribution in [0.3, 0.4) is 0 Å². The lowest BCUT2D eigenvalue weighted by molar-refractivity contribution is -0.840. The summed E-state index contributed by atoms with van der Waals surface area (Å²) in [6, 6.07) is 0. The van der Waals surface area contributed by atoms with Gasteiger partial charge in [-0.3, -0.25) is 0 Å². The van der Waals surface area contributed by atoms with Crippen molar-refractivity contribution in [1.29, 1.82) is 0 Å². The van der Waals surface area contributed by atoms with E-state index in [1.807, 2.05) is 0 Å². The lowest BCUT2D eigenvalue weighted by Crippen LogP contribution is -2.33. The fourth-order valence-electron chi connectivity index (χ4n) is 0.451. The zero-order chi connectivity index (χ0) is 6.62. The molecular formula is C5H13NO2. The number of nitrogens with zero attached hydrogens (tertiary/aromatic N) is 1. The average molecular weight is 119 g/mol. The van der Waals surface area contributed by atoms with Crippen molar-refractivity contribution in [1.82, 2.24) is 0 Å². The minimum absolute atomic E-state index is 0.115. The van der Waals surface area contributed by atoms with E-state index < -0.39 is 0 Å². The highest BCUT2D eigenvalue weighted by atomic mass is 16.5. The van der Waals surface area contributed by atoms with Crippen LogP contribution in [0, 0.1) is 5.21 Å². The summed E-state index contributed by atoms with van der Waals surface area (Å²) in [6.07, 6.45) is 0.594. The quantitative estimate of drug-likeness (QED) is 0.418. The van der Waals surface area contributed by atoms with Gasteiger partial charge in [0, 0.05) is 13.0 Å². The second-order valence-corrected chi connectivity index (χ2v) is 2.37. The Labute approximate surface area is 49.7 Å². The molecule has 3 nitrogen and oxygen atoms in total. The van der Waals surface area contributed by atoms with E-state index in [-0.39, 0.29) is 11.3 Å². The molecule has 0 aliphatic rings. The van der Waals surface area contributed by atoms with Crippen molar-refractivity contribution in [3.63, 3.8) is 0 Å². The van der Waals surface area contributed by atoms with Crippen LogP contribution in [0.5, 0.6) is 0 Å². The molecule has 0 saturated heterocycles. The molecule has 0 aliphatic heterocycles. The van der Waals surface area contributed by atoms with E-state index in [1.54, 1.807) is 14.1 Å². The molecule has 0 aliphatic carbocycles. The molecule has 0 aromatic rings. The SMILES string of the molecule is C[N+](C)([O-])CCCO. The first-order valence-corrected chi connectivity index (χ1v) is 2.71. The highest BCUT2D eigenvalue weighted by molar-refractivity contribution is 4.32. The summed E-state index contributed by atoms with van der Waals surface area (Å²) in [5.74, 6) is 0. The predicted octanol–water partition coefficient (Wildman–Crippen LogP) is -0.0570. The molecule has 0 unspecified atom stereocenters. The van der Waals surface area contributed by atoms with Gasteiger partial charge in [0.05, 0.1) is 20.6 Å². The average Bonchev–Trinajstić information content (AvgIpc) is 1.59. The Morgan fingerprint density at radius 3 is 2.12 bits per heavy atom. The van der Waals surface area contributed by atoms with E-state index in [0.29, 0.717) is 13.0 Å². The summed E-state index contributed by atoms with van der Waals surface area (Å²) in [5.41, 5.74) is 0. The molecule has 0 bridgehead atoms. The van der Waals surface area contributed by atoms with Gasteiger partial charge in [-0.2, -0.15) is 0 Å². The fraction of sp³-hybridized carbons (Fsp3) is 1.00. The van der Waals surface area contributed by atoms with Crippen molar-refractivity contribution >= 4 is 0 Å². The summed E-state index contributed by atoms with van der Waals surface area (Å²) >= 11 is 0. The van der Waals surface area contributed by atoms with E-state index in [0.717, 1.165) is 0 Å². The number of rotatable bonds is 3. The Kier molecular flexibility index (Phi) is 2.97. The first-order chi connectivity index (χ1) is 3.56.